The Labute approximate surface area is 97.0 Å². The van der Waals surface area contributed by atoms with E-state index in [0.717, 1.165) is 5.56 Å². The molecule has 0 aliphatic heterocycles. The maximum absolute atomic E-state index is 11.9. The van der Waals surface area contributed by atoms with E-state index in [4.69, 9.17) is 5.11 Å². The normalized spacial score (nSPS) is 14.1. The highest BCUT2D eigenvalue weighted by molar-refractivity contribution is 7.92. The second kappa shape index (κ2) is 4.97. The average Bonchev–Trinajstić information content (AvgIpc) is 2.28. The van der Waals surface area contributed by atoms with Gasteiger partial charge in [0.2, 0.25) is 0 Å². The molecule has 3 nitrogen and oxygen atoms in total. The van der Waals surface area contributed by atoms with Crippen molar-refractivity contribution in [1.29, 1.82) is 0 Å². The van der Waals surface area contributed by atoms with Crippen LogP contribution in [0.3, 0.4) is 0 Å². The van der Waals surface area contributed by atoms with E-state index < -0.39 is 15.1 Å². The number of aliphatic hydroxyl groups excluding tert-OH is 1. The average molecular weight is 242 g/mol. The molecule has 1 aromatic rings. The van der Waals surface area contributed by atoms with Gasteiger partial charge in [0.1, 0.15) is 0 Å². The van der Waals surface area contributed by atoms with E-state index in [9.17, 15) is 8.42 Å². The van der Waals surface area contributed by atoms with Crippen LogP contribution >= 0.6 is 0 Å². The fourth-order valence-electron chi connectivity index (χ4n) is 1.38. The predicted molar refractivity (Wildman–Crippen MR) is 64.3 cm³/mol. The van der Waals surface area contributed by atoms with Crippen molar-refractivity contribution >= 4 is 9.84 Å². The Morgan fingerprint density at radius 1 is 1.25 bits per heavy atom. The van der Waals surface area contributed by atoms with Gasteiger partial charge >= 0.3 is 0 Å². The molecule has 1 unspecified atom stereocenters. The van der Waals surface area contributed by atoms with Gasteiger partial charge in [-0.15, -0.1) is 0 Å². The highest BCUT2D eigenvalue weighted by Crippen LogP contribution is 2.21. The van der Waals surface area contributed by atoms with E-state index in [0.29, 0.717) is 4.90 Å². The smallest absolute Gasteiger partial charge is 0.180 e. The van der Waals surface area contributed by atoms with Crippen molar-refractivity contribution in [1.82, 2.24) is 0 Å². The van der Waals surface area contributed by atoms with Crippen LogP contribution in [0, 0.1) is 0 Å². The van der Waals surface area contributed by atoms with E-state index in [1.807, 2.05) is 13.0 Å². The molecule has 4 heteroatoms. The van der Waals surface area contributed by atoms with E-state index in [-0.39, 0.29) is 12.5 Å². The molecule has 1 aromatic carbocycles. The van der Waals surface area contributed by atoms with E-state index in [1.165, 1.54) is 0 Å². The molecular weight excluding hydrogens is 224 g/mol. The largest absolute Gasteiger partial charge is 0.396 e. The quantitative estimate of drug-likeness (QED) is 0.878. The van der Waals surface area contributed by atoms with Gasteiger partial charge in [0.05, 0.1) is 10.1 Å². The summed E-state index contributed by atoms with van der Waals surface area (Å²) in [7, 11) is -3.22. The van der Waals surface area contributed by atoms with Crippen molar-refractivity contribution in [3.8, 4) is 0 Å². The van der Waals surface area contributed by atoms with Crippen LogP contribution in [0.1, 0.15) is 32.3 Å². The second-order valence-corrected chi connectivity index (χ2v) is 6.75. The molecule has 0 saturated carbocycles. The highest BCUT2D eigenvalue weighted by Gasteiger charge is 2.19. The lowest BCUT2D eigenvalue weighted by Crippen LogP contribution is -2.14. The van der Waals surface area contributed by atoms with Crippen LogP contribution in [0.15, 0.2) is 29.2 Å². The third-order valence-electron chi connectivity index (χ3n) is 2.65. The van der Waals surface area contributed by atoms with Crippen LogP contribution < -0.4 is 0 Å². The summed E-state index contributed by atoms with van der Waals surface area (Å²) in [6, 6.07) is 6.80. The zero-order chi connectivity index (χ0) is 12.3. The van der Waals surface area contributed by atoms with Crippen molar-refractivity contribution in [2.45, 2.75) is 36.8 Å². The first-order chi connectivity index (χ1) is 7.39. The molecule has 0 spiro atoms. The van der Waals surface area contributed by atoms with Crippen molar-refractivity contribution in [2.75, 3.05) is 6.61 Å². The molecule has 0 aliphatic rings. The number of rotatable bonds is 4. The third kappa shape index (κ3) is 2.62. The minimum absolute atomic E-state index is 0.0190. The fourth-order valence-corrected chi connectivity index (χ4v) is 2.49. The summed E-state index contributed by atoms with van der Waals surface area (Å²) in [5, 5.41) is 8.62. The van der Waals surface area contributed by atoms with Crippen molar-refractivity contribution < 1.29 is 13.5 Å². The lowest BCUT2D eigenvalue weighted by molar-refractivity contribution is 0.273. The molecule has 1 N–H and O–H groups in total. The topological polar surface area (TPSA) is 54.4 Å². The number of hydrogen-bond acceptors (Lipinski definition) is 3. The van der Waals surface area contributed by atoms with Gasteiger partial charge in [-0.3, -0.25) is 0 Å². The van der Waals surface area contributed by atoms with Gasteiger partial charge in [0, 0.05) is 12.5 Å². The summed E-state index contributed by atoms with van der Waals surface area (Å²) in [6.07, 6.45) is 0. The molecule has 0 aliphatic carbocycles. The molecule has 16 heavy (non-hydrogen) atoms. The van der Waals surface area contributed by atoms with E-state index in [2.05, 4.69) is 0 Å². The number of sulfone groups is 1. The molecule has 0 saturated heterocycles. The summed E-state index contributed by atoms with van der Waals surface area (Å²) < 4.78 is 23.9. The van der Waals surface area contributed by atoms with Crippen molar-refractivity contribution in [3.05, 3.63) is 29.8 Å². The molecule has 0 amide bonds. The fraction of sp³-hybridized carbons (Fsp3) is 0.500. The Balaban J connectivity index is 3.18. The Morgan fingerprint density at radius 3 is 2.38 bits per heavy atom. The standard InChI is InChI=1S/C12H18O3S/c1-9(2)16(14,15)12-6-4-5-11(7-12)10(3)8-13/h4-7,9-10,13H,8H2,1-3H3. The molecular formula is C12H18O3S. The van der Waals surface area contributed by atoms with Gasteiger partial charge in [0.25, 0.3) is 0 Å². The zero-order valence-corrected chi connectivity index (χ0v) is 10.7. The molecule has 0 aromatic heterocycles. The Kier molecular flexibility index (Phi) is 4.10. The zero-order valence-electron chi connectivity index (χ0n) is 9.84. The summed E-state index contributed by atoms with van der Waals surface area (Å²) in [6.45, 7) is 5.21. The van der Waals surface area contributed by atoms with Crippen LogP contribution in [0.2, 0.25) is 0 Å². The highest BCUT2D eigenvalue weighted by atomic mass is 32.2. The van der Waals surface area contributed by atoms with Crippen LogP contribution in [0.25, 0.3) is 0 Å². The van der Waals surface area contributed by atoms with Crippen LogP contribution in [0.4, 0.5) is 0 Å². The molecule has 1 rings (SSSR count). The Morgan fingerprint density at radius 2 is 1.88 bits per heavy atom. The maximum Gasteiger partial charge on any atom is 0.180 e. The minimum atomic E-state index is -3.22. The van der Waals surface area contributed by atoms with Gasteiger partial charge in [-0.05, 0) is 31.5 Å². The third-order valence-corrected chi connectivity index (χ3v) is 4.80. The minimum Gasteiger partial charge on any atom is -0.396 e. The summed E-state index contributed by atoms with van der Waals surface area (Å²) >= 11 is 0. The number of hydrogen-bond donors (Lipinski definition) is 1. The van der Waals surface area contributed by atoms with Crippen LogP contribution in [-0.2, 0) is 9.84 Å². The van der Waals surface area contributed by atoms with Crippen molar-refractivity contribution in [2.24, 2.45) is 0 Å². The maximum atomic E-state index is 11.9. The van der Waals surface area contributed by atoms with E-state index in [1.54, 1.807) is 32.0 Å². The molecule has 0 bridgehead atoms. The summed E-state index contributed by atoms with van der Waals surface area (Å²) in [5.74, 6) is -0.0395. The van der Waals surface area contributed by atoms with E-state index >= 15 is 0 Å². The summed E-state index contributed by atoms with van der Waals surface area (Å²) in [4.78, 5) is 0.334. The number of aliphatic hydroxyl groups is 1. The van der Waals surface area contributed by atoms with Crippen molar-refractivity contribution in [3.63, 3.8) is 0 Å². The first-order valence-corrected chi connectivity index (χ1v) is 6.89. The molecule has 0 radical (unpaired) electrons. The van der Waals surface area contributed by atoms with Gasteiger partial charge in [-0.2, -0.15) is 0 Å². The second-order valence-electron chi connectivity index (χ2n) is 4.25. The lowest BCUT2D eigenvalue weighted by Gasteiger charge is -2.12. The summed E-state index contributed by atoms with van der Waals surface area (Å²) in [5.41, 5.74) is 0.851. The Hall–Kier alpha value is -0.870. The SMILES string of the molecule is CC(CO)c1cccc(S(=O)(=O)C(C)C)c1. The van der Waals surface area contributed by atoms with Gasteiger partial charge in [-0.1, -0.05) is 19.1 Å². The Bertz CT molecular complexity index is 449. The molecule has 90 valence electrons. The predicted octanol–water partition coefficient (Wildman–Crippen LogP) is 1.96. The first kappa shape index (κ1) is 13.2. The van der Waals surface area contributed by atoms with Gasteiger partial charge in [0.15, 0.2) is 9.84 Å². The van der Waals surface area contributed by atoms with Crippen LogP contribution in [-0.4, -0.2) is 25.4 Å². The molecule has 1 atom stereocenters. The first-order valence-electron chi connectivity index (χ1n) is 5.34. The number of benzene rings is 1. The van der Waals surface area contributed by atoms with Gasteiger partial charge in [-0.25, -0.2) is 8.42 Å². The lowest BCUT2D eigenvalue weighted by atomic mass is 10.0. The monoisotopic (exact) mass is 242 g/mol. The van der Waals surface area contributed by atoms with Gasteiger partial charge < -0.3 is 5.11 Å². The molecule has 0 fully saturated rings. The molecule has 0 heterocycles. The van der Waals surface area contributed by atoms with Crippen LogP contribution in [0.5, 0.6) is 0 Å².